The fourth-order valence-corrected chi connectivity index (χ4v) is 1.51. The molecule has 0 bridgehead atoms. The van der Waals surface area contributed by atoms with Gasteiger partial charge in [0, 0.05) is 19.0 Å². The van der Waals surface area contributed by atoms with Gasteiger partial charge in [0.1, 0.15) is 5.60 Å². The van der Waals surface area contributed by atoms with E-state index < -0.39 is 5.60 Å². The van der Waals surface area contributed by atoms with E-state index in [1.54, 1.807) is 0 Å². The third kappa shape index (κ3) is 9.09. The Morgan fingerprint density at radius 2 is 1.88 bits per heavy atom. The molecular formula is C12H26N2O3. The van der Waals surface area contributed by atoms with E-state index in [1.165, 1.54) is 6.92 Å². The van der Waals surface area contributed by atoms with E-state index in [0.717, 1.165) is 6.42 Å². The summed E-state index contributed by atoms with van der Waals surface area (Å²) in [5, 5.41) is 20.9. The lowest BCUT2D eigenvalue weighted by atomic mass is 9.87. The lowest BCUT2D eigenvalue weighted by Crippen LogP contribution is -2.44. The molecule has 0 aliphatic carbocycles. The van der Waals surface area contributed by atoms with Gasteiger partial charge in [0.05, 0.1) is 6.61 Å². The summed E-state index contributed by atoms with van der Waals surface area (Å²) >= 11 is 0. The normalized spacial score (nSPS) is 17.4. The highest BCUT2D eigenvalue weighted by Crippen LogP contribution is 2.20. The Balaban J connectivity index is 3.95. The molecule has 0 heterocycles. The summed E-state index contributed by atoms with van der Waals surface area (Å²) in [4.78, 5) is 11.5. The fourth-order valence-electron chi connectivity index (χ4n) is 1.51. The molecule has 102 valence electrons. The van der Waals surface area contributed by atoms with E-state index in [-0.39, 0.29) is 36.9 Å². The van der Waals surface area contributed by atoms with Gasteiger partial charge in [-0.15, -0.1) is 0 Å². The number of nitrogens with one attached hydrogen (secondary N) is 1. The smallest absolute Gasteiger partial charge is 0.221 e. The summed E-state index contributed by atoms with van der Waals surface area (Å²) in [6.07, 6.45) is 0.996. The molecule has 0 saturated carbocycles. The van der Waals surface area contributed by atoms with Crippen molar-refractivity contribution in [3.8, 4) is 0 Å². The van der Waals surface area contributed by atoms with Gasteiger partial charge in [-0.3, -0.25) is 4.79 Å². The van der Waals surface area contributed by atoms with Crippen LogP contribution in [0.1, 0.15) is 40.5 Å². The molecule has 0 rings (SSSR count). The van der Waals surface area contributed by atoms with E-state index in [4.69, 9.17) is 10.8 Å². The second-order valence-corrected chi connectivity index (χ2v) is 6.16. The molecule has 0 radical (unpaired) electrons. The van der Waals surface area contributed by atoms with Crippen LogP contribution in [0.4, 0.5) is 0 Å². The van der Waals surface area contributed by atoms with Gasteiger partial charge in [-0.05, 0) is 18.8 Å². The summed E-state index contributed by atoms with van der Waals surface area (Å²) in [6.45, 7) is 7.32. The molecule has 0 fully saturated rings. The van der Waals surface area contributed by atoms with Crippen molar-refractivity contribution in [2.24, 2.45) is 11.1 Å². The summed E-state index contributed by atoms with van der Waals surface area (Å²) < 4.78 is 0. The Hall–Kier alpha value is -0.650. The van der Waals surface area contributed by atoms with Crippen molar-refractivity contribution in [2.75, 3.05) is 13.2 Å². The maximum Gasteiger partial charge on any atom is 0.221 e. The van der Waals surface area contributed by atoms with Gasteiger partial charge in [0.25, 0.3) is 0 Å². The molecule has 5 N–H and O–H groups in total. The fraction of sp³-hybridized carbons (Fsp3) is 0.917. The molecule has 2 unspecified atom stereocenters. The van der Waals surface area contributed by atoms with Crippen molar-refractivity contribution in [1.82, 2.24) is 5.32 Å². The van der Waals surface area contributed by atoms with Crippen LogP contribution >= 0.6 is 0 Å². The lowest BCUT2D eigenvalue weighted by molar-refractivity contribution is -0.123. The molecule has 0 saturated heterocycles. The summed E-state index contributed by atoms with van der Waals surface area (Å²) in [5.74, 6) is -0.199. The molecule has 5 nitrogen and oxygen atoms in total. The number of aliphatic hydroxyl groups excluding tert-OH is 1. The van der Waals surface area contributed by atoms with Crippen LogP contribution in [0.5, 0.6) is 0 Å². The SMILES string of the molecule is CC(C)(C)CC(N)CC(=O)NCC(C)(O)CO. The largest absolute Gasteiger partial charge is 0.393 e. The summed E-state index contributed by atoms with van der Waals surface area (Å²) in [7, 11) is 0. The zero-order valence-corrected chi connectivity index (χ0v) is 11.3. The molecule has 17 heavy (non-hydrogen) atoms. The lowest BCUT2D eigenvalue weighted by Gasteiger charge is -2.24. The van der Waals surface area contributed by atoms with Crippen molar-refractivity contribution >= 4 is 5.91 Å². The maximum atomic E-state index is 11.5. The predicted octanol–water partition coefficient (Wildman–Crippen LogP) is -0.000500. The van der Waals surface area contributed by atoms with E-state index in [1.807, 2.05) is 0 Å². The van der Waals surface area contributed by atoms with Gasteiger partial charge in [0.15, 0.2) is 0 Å². The van der Waals surface area contributed by atoms with E-state index in [2.05, 4.69) is 26.1 Å². The topological polar surface area (TPSA) is 95.6 Å². The zero-order valence-electron chi connectivity index (χ0n) is 11.3. The molecule has 2 atom stereocenters. The van der Waals surface area contributed by atoms with Crippen LogP contribution in [-0.4, -0.2) is 40.9 Å². The number of aliphatic hydroxyl groups is 2. The van der Waals surface area contributed by atoms with E-state index >= 15 is 0 Å². The molecule has 0 aromatic heterocycles. The van der Waals surface area contributed by atoms with Crippen LogP contribution in [0, 0.1) is 5.41 Å². The first-order valence-corrected chi connectivity index (χ1v) is 5.91. The third-order valence-electron chi connectivity index (χ3n) is 2.33. The molecule has 0 aromatic rings. The second kappa shape index (κ2) is 6.33. The Kier molecular flexibility index (Phi) is 6.09. The van der Waals surface area contributed by atoms with Crippen LogP contribution in [0.15, 0.2) is 0 Å². The van der Waals surface area contributed by atoms with Crippen LogP contribution in [0.25, 0.3) is 0 Å². The van der Waals surface area contributed by atoms with Crippen molar-refractivity contribution in [3.05, 3.63) is 0 Å². The molecule has 0 aliphatic heterocycles. The van der Waals surface area contributed by atoms with Crippen molar-refractivity contribution in [1.29, 1.82) is 0 Å². The Morgan fingerprint density at radius 3 is 2.29 bits per heavy atom. The van der Waals surface area contributed by atoms with E-state index in [9.17, 15) is 9.90 Å². The Bertz CT molecular complexity index is 247. The minimum absolute atomic E-state index is 0.0323. The number of rotatable bonds is 6. The third-order valence-corrected chi connectivity index (χ3v) is 2.33. The van der Waals surface area contributed by atoms with E-state index in [0.29, 0.717) is 0 Å². The zero-order chi connectivity index (χ0) is 13.7. The quantitative estimate of drug-likeness (QED) is 0.530. The Morgan fingerprint density at radius 1 is 1.35 bits per heavy atom. The van der Waals surface area contributed by atoms with Crippen LogP contribution in [0.3, 0.4) is 0 Å². The van der Waals surface area contributed by atoms with Gasteiger partial charge in [-0.1, -0.05) is 20.8 Å². The van der Waals surface area contributed by atoms with Crippen LogP contribution in [0.2, 0.25) is 0 Å². The van der Waals surface area contributed by atoms with Crippen molar-refractivity contribution in [3.63, 3.8) is 0 Å². The first-order chi connectivity index (χ1) is 7.56. The number of amides is 1. The average molecular weight is 246 g/mol. The highest BCUT2D eigenvalue weighted by molar-refractivity contribution is 5.76. The summed E-state index contributed by atoms with van der Waals surface area (Å²) in [5.41, 5.74) is 4.68. The highest BCUT2D eigenvalue weighted by Gasteiger charge is 2.22. The minimum atomic E-state index is -1.27. The van der Waals surface area contributed by atoms with Crippen molar-refractivity contribution in [2.45, 2.75) is 52.2 Å². The monoisotopic (exact) mass is 246 g/mol. The second-order valence-electron chi connectivity index (χ2n) is 6.16. The molecule has 0 aromatic carbocycles. The minimum Gasteiger partial charge on any atom is -0.393 e. The molecule has 0 aliphatic rings. The van der Waals surface area contributed by atoms with Gasteiger partial charge in [0.2, 0.25) is 5.91 Å². The number of carbonyl (C=O) groups is 1. The first-order valence-electron chi connectivity index (χ1n) is 5.91. The standard InChI is InChI=1S/C12H26N2O3/c1-11(2,3)6-9(13)5-10(16)14-7-12(4,17)8-15/h9,15,17H,5-8,13H2,1-4H3,(H,14,16). The highest BCUT2D eigenvalue weighted by atomic mass is 16.3. The number of carbonyl (C=O) groups excluding carboxylic acids is 1. The number of hydrogen-bond donors (Lipinski definition) is 4. The average Bonchev–Trinajstić information content (AvgIpc) is 2.12. The van der Waals surface area contributed by atoms with Crippen molar-refractivity contribution < 1.29 is 15.0 Å². The van der Waals surface area contributed by atoms with Gasteiger partial charge < -0.3 is 21.3 Å². The van der Waals surface area contributed by atoms with Gasteiger partial charge in [-0.2, -0.15) is 0 Å². The molecule has 0 spiro atoms. The predicted molar refractivity (Wildman–Crippen MR) is 67.4 cm³/mol. The first kappa shape index (κ1) is 16.4. The van der Waals surface area contributed by atoms with Gasteiger partial charge >= 0.3 is 0 Å². The number of hydrogen-bond acceptors (Lipinski definition) is 4. The van der Waals surface area contributed by atoms with Crippen LogP contribution < -0.4 is 11.1 Å². The molecule has 5 heteroatoms. The molecule has 1 amide bonds. The number of nitrogens with two attached hydrogens (primary N) is 1. The Labute approximate surface area is 103 Å². The molecular weight excluding hydrogens is 220 g/mol. The van der Waals surface area contributed by atoms with Gasteiger partial charge in [-0.25, -0.2) is 0 Å². The maximum absolute atomic E-state index is 11.5. The van der Waals surface area contributed by atoms with Crippen LogP contribution in [-0.2, 0) is 4.79 Å². The summed E-state index contributed by atoms with van der Waals surface area (Å²) in [6, 6.07) is -0.186.